The molecule has 0 aromatic heterocycles. The molecular weight excluding hydrogens is 420 g/mol. The third kappa shape index (κ3) is 3.37. The van der Waals surface area contributed by atoms with Gasteiger partial charge in [0, 0.05) is 37.0 Å². The highest BCUT2D eigenvalue weighted by molar-refractivity contribution is 8.05. The van der Waals surface area contributed by atoms with Gasteiger partial charge < -0.3 is 14.2 Å². The molecule has 3 nitrogen and oxygen atoms in total. The summed E-state index contributed by atoms with van der Waals surface area (Å²) in [7, 11) is 0. The Labute approximate surface area is 182 Å². The molecule has 1 atom stereocenters. The van der Waals surface area contributed by atoms with Crippen molar-refractivity contribution < 1.29 is 14.2 Å². The van der Waals surface area contributed by atoms with Crippen molar-refractivity contribution in [1.82, 2.24) is 0 Å². The predicted molar refractivity (Wildman–Crippen MR) is 119 cm³/mol. The lowest BCUT2D eigenvalue weighted by Gasteiger charge is -2.26. The molecule has 1 unspecified atom stereocenters. The van der Waals surface area contributed by atoms with Crippen LogP contribution >= 0.6 is 35.3 Å². The van der Waals surface area contributed by atoms with Crippen LogP contribution < -0.4 is 14.2 Å². The molecule has 0 bridgehead atoms. The molecule has 0 spiro atoms. The molecule has 3 aliphatic rings. The molecule has 0 saturated carbocycles. The van der Waals surface area contributed by atoms with Crippen molar-refractivity contribution in [3.63, 3.8) is 0 Å². The largest absolute Gasteiger partial charge is 0.492 e. The van der Waals surface area contributed by atoms with Gasteiger partial charge in [0.15, 0.2) is 11.5 Å². The number of fused-ring (bicyclic) bond motifs is 3. The number of benzene rings is 3. The lowest BCUT2D eigenvalue weighted by molar-refractivity contribution is 0.0484. The summed E-state index contributed by atoms with van der Waals surface area (Å²) in [6.45, 7) is 0.795. The Kier molecular flexibility index (Phi) is 4.58. The van der Waals surface area contributed by atoms with Gasteiger partial charge in [0.2, 0.25) is 0 Å². The average Bonchev–Trinajstić information content (AvgIpc) is 3.22. The highest BCUT2D eigenvalue weighted by atomic mass is 32.2. The van der Waals surface area contributed by atoms with E-state index in [1.807, 2.05) is 59.6 Å². The van der Waals surface area contributed by atoms with Crippen LogP contribution in [0.25, 0.3) is 0 Å². The molecule has 29 heavy (non-hydrogen) atoms. The summed E-state index contributed by atoms with van der Waals surface area (Å²) in [5.74, 6) is 4.75. The number of thioether (sulfide) groups is 3. The summed E-state index contributed by atoms with van der Waals surface area (Å²) in [6, 6.07) is 21.1. The van der Waals surface area contributed by atoms with Crippen LogP contribution in [0.3, 0.4) is 0 Å². The van der Waals surface area contributed by atoms with Crippen LogP contribution in [0.15, 0.2) is 75.4 Å². The normalized spacial score (nSPS) is 19.9. The zero-order valence-corrected chi connectivity index (χ0v) is 17.9. The first-order valence-corrected chi connectivity index (χ1v) is 12.4. The minimum Gasteiger partial charge on any atom is -0.492 e. The summed E-state index contributed by atoms with van der Waals surface area (Å²) < 4.78 is 17.9. The van der Waals surface area contributed by atoms with Gasteiger partial charge in [0.25, 0.3) is 6.29 Å². The van der Waals surface area contributed by atoms with Crippen molar-refractivity contribution in [2.24, 2.45) is 0 Å². The second-order valence-electron chi connectivity index (χ2n) is 7.04. The third-order valence-electron chi connectivity index (χ3n) is 5.15. The molecule has 3 heterocycles. The van der Waals surface area contributed by atoms with Crippen LogP contribution in [-0.2, 0) is 0 Å². The van der Waals surface area contributed by atoms with Crippen molar-refractivity contribution in [3.8, 4) is 17.2 Å². The monoisotopic (exact) mass is 438 g/mol. The molecule has 6 heteroatoms. The molecule has 3 aliphatic heterocycles. The van der Waals surface area contributed by atoms with Gasteiger partial charge in [-0.2, -0.15) is 0 Å². The van der Waals surface area contributed by atoms with Crippen LogP contribution in [0.2, 0.25) is 0 Å². The maximum absolute atomic E-state index is 6.00. The molecule has 3 aromatic rings. The van der Waals surface area contributed by atoms with E-state index in [4.69, 9.17) is 14.2 Å². The first kappa shape index (κ1) is 17.9. The highest BCUT2D eigenvalue weighted by Crippen LogP contribution is 2.50. The highest BCUT2D eigenvalue weighted by Gasteiger charge is 2.28. The minimum absolute atomic E-state index is 0.377. The van der Waals surface area contributed by atoms with E-state index in [0.29, 0.717) is 5.25 Å². The first-order valence-electron chi connectivity index (χ1n) is 9.59. The van der Waals surface area contributed by atoms with Gasteiger partial charge >= 0.3 is 0 Å². The quantitative estimate of drug-likeness (QED) is 0.449. The van der Waals surface area contributed by atoms with Crippen molar-refractivity contribution in [2.45, 2.75) is 26.2 Å². The SMILES string of the molecule is c1ccc2c(c1)OC(c1ccc3c(c1)SC(c1ccc4c(c1)OCCS4)CS3)O2. The Morgan fingerprint density at radius 1 is 0.724 bits per heavy atom. The molecule has 3 aromatic carbocycles. The average molecular weight is 439 g/mol. The number of ether oxygens (including phenoxy) is 3. The molecule has 0 saturated heterocycles. The van der Waals surface area contributed by atoms with Gasteiger partial charge in [-0.05, 0) is 42.0 Å². The van der Waals surface area contributed by atoms with Gasteiger partial charge in [-0.3, -0.25) is 0 Å². The van der Waals surface area contributed by atoms with E-state index in [9.17, 15) is 0 Å². The van der Waals surface area contributed by atoms with Gasteiger partial charge in [-0.1, -0.05) is 24.3 Å². The van der Waals surface area contributed by atoms with Crippen molar-refractivity contribution in [2.75, 3.05) is 18.1 Å². The fraction of sp³-hybridized carbons (Fsp3) is 0.217. The molecule has 0 aliphatic carbocycles. The topological polar surface area (TPSA) is 27.7 Å². The van der Waals surface area contributed by atoms with E-state index < -0.39 is 0 Å². The van der Waals surface area contributed by atoms with Gasteiger partial charge in [-0.25, -0.2) is 0 Å². The maximum Gasteiger partial charge on any atom is 0.268 e. The first-order chi connectivity index (χ1) is 14.3. The summed E-state index contributed by atoms with van der Waals surface area (Å²) in [4.78, 5) is 3.88. The Bertz CT molecular complexity index is 1060. The fourth-order valence-corrected chi connectivity index (χ4v) is 7.17. The van der Waals surface area contributed by atoms with E-state index in [1.165, 1.54) is 20.2 Å². The van der Waals surface area contributed by atoms with Gasteiger partial charge in [-0.15, -0.1) is 35.3 Å². The van der Waals surface area contributed by atoms with E-state index in [2.05, 4.69) is 36.4 Å². The molecule has 0 amide bonds. The molecule has 0 N–H and O–H groups in total. The molecule has 0 radical (unpaired) electrons. The molecule has 6 rings (SSSR count). The molecule has 146 valence electrons. The molecular formula is C23H18O3S3. The summed E-state index contributed by atoms with van der Waals surface area (Å²) in [5.41, 5.74) is 2.39. The van der Waals surface area contributed by atoms with Crippen molar-refractivity contribution >= 4 is 35.3 Å². The minimum atomic E-state index is -0.377. The maximum atomic E-state index is 6.00. The Balaban J connectivity index is 1.25. The summed E-state index contributed by atoms with van der Waals surface area (Å²) in [6.07, 6.45) is -0.377. The van der Waals surface area contributed by atoms with E-state index in [0.717, 1.165) is 40.9 Å². The van der Waals surface area contributed by atoms with Gasteiger partial charge in [0.1, 0.15) is 5.75 Å². The number of rotatable bonds is 2. The third-order valence-corrected chi connectivity index (χ3v) is 9.00. The van der Waals surface area contributed by atoms with Crippen LogP contribution in [0.1, 0.15) is 22.7 Å². The van der Waals surface area contributed by atoms with Crippen LogP contribution in [-0.4, -0.2) is 18.1 Å². The number of para-hydroxylation sites is 2. The van der Waals surface area contributed by atoms with Crippen LogP contribution in [0, 0.1) is 0 Å². The van der Waals surface area contributed by atoms with E-state index in [-0.39, 0.29) is 6.29 Å². The summed E-state index contributed by atoms with van der Waals surface area (Å²) in [5, 5.41) is 0.409. The lowest BCUT2D eigenvalue weighted by atomic mass is 10.1. The van der Waals surface area contributed by atoms with Crippen molar-refractivity contribution in [1.29, 1.82) is 0 Å². The number of hydrogen-bond donors (Lipinski definition) is 0. The lowest BCUT2D eigenvalue weighted by Crippen LogP contribution is -2.10. The Hall–Kier alpha value is -1.89. The summed E-state index contributed by atoms with van der Waals surface area (Å²) >= 11 is 5.72. The zero-order valence-electron chi connectivity index (χ0n) is 15.5. The van der Waals surface area contributed by atoms with Crippen molar-refractivity contribution in [3.05, 3.63) is 71.8 Å². The van der Waals surface area contributed by atoms with E-state index >= 15 is 0 Å². The Morgan fingerprint density at radius 2 is 1.52 bits per heavy atom. The van der Waals surface area contributed by atoms with Crippen LogP contribution in [0.5, 0.6) is 17.2 Å². The standard InChI is InChI=1S/C23H18O3S3/c1-2-4-17-16(3-1)25-23(26-17)15-6-8-20-21(12-15)29-22(13-28-20)14-5-7-19-18(11-14)24-9-10-27-19/h1-8,11-12,22-23H,9-10,13H2. The second kappa shape index (κ2) is 7.42. The van der Waals surface area contributed by atoms with E-state index in [1.54, 1.807) is 0 Å². The van der Waals surface area contributed by atoms with Gasteiger partial charge in [0.05, 0.1) is 6.61 Å². The number of hydrogen-bond acceptors (Lipinski definition) is 6. The van der Waals surface area contributed by atoms with Crippen LogP contribution in [0.4, 0.5) is 0 Å². The fourth-order valence-electron chi connectivity index (χ4n) is 3.70. The smallest absolute Gasteiger partial charge is 0.268 e. The predicted octanol–water partition coefficient (Wildman–Crippen LogP) is 6.58. The zero-order chi connectivity index (χ0) is 19.2. The Morgan fingerprint density at radius 3 is 2.38 bits per heavy atom. The second-order valence-corrected chi connectivity index (χ2v) is 10.5. The molecule has 0 fully saturated rings.